The number of carbonyl (C=O) groups is 2. The van der Waals surface area contributed by atoms with E-state index in [4.69, 9.17) is 4.74 Å². The van der Waals surface area contributed by atoms with Gasteiger partial charge in [-0.15, -0.1) is 0 Å². The van der Waals surface area contributed by atoms with Crippen molar-refractivity contribution in [3.8, 4) is 5.75 Å². The zero-order valence-electron chi connectivity index (χ0n) is 25.6. The maximum Gasteiger partial charge on any atom is 0.264 e. The molecule has 0 spiro atoms. The van der Waals surface area contributed by atoms with Crippen molar-refractivity contribution in [1.29, 1.82) is 0 Å². The van der Waals surface area contributed by atoms with Crippen molar-refractivity contribution in [2.45, 2.75) is 64.9 Å². The molecule has 0 aliphatic heterocycles. The van der Waals surface area contributed by atoms with Crippen molar-refractivity contribution in [1.82, 2.24) is 10.2 Å². The Morgan fingerprint density at radius 1 is 0.857 bits per heavy atom. The molecule has 2 amide bonds. The lowest BCUT2D eigenvalue weighted by atomic mass is 10.0. The van der Waals surface area contributed by atoms with Crippen LogP contribution < -0.4 is 14.4 Å². The van der Waals surface area contributed by atoms with Crippen LogP contribution in [0.2, 0.25) is 0 Å². The summed E-state index contributed by atoms with van der Waals surface area (Å²) in [6.45, 7) is 11.7. The van der Waals surface area contributed by atoms with Crippen molar-refractivity contribution in [2.75, 3.05) is 24.5 Å². The van der Waals surface area contributed by atoms with Gasteiger partial charge in [0.1, 0.15) is 18.3 Å². The summed E-state index contributed by atoms with van der Waals surface area (Å²) in [7, 11) is -2.54. The van der Waals surface area contributed by atoms with Gasteiger partial charge < -0.3 is 15.0 Å². The molecule has 3 rings (SSSR count). The summed E-state index contributed by atoms with van der Waals surface area (Å²) >= 11 is 0. The molecule has 1 unspecified atom stereocenters. The molecule has 1 N–H and O–H groups in total. The van der Waals surface area contributed by atoms with Crippen LogP contribution in [0, 0.1) is 12.8 Å². The fourth-order valence-corrected chi connectivity index (χ4v) is 5.77. The standard InChI is InChI=1S/C33H43N3O5S/c1-23(2)20-34-33(38)26(6)35(21-27-10-16-30(41-7)17-11-27)32(37)22-36(29-14-12-28(13-15-29)24(3)4)42(39,40)31-18-8-25(5)9-19-31/h8-19,23-24,26H,20-22H2,1-7H3,(H,34,38). The molecule has 226 valence electrons. The van der Waals surface area contributed by atoms with Gasteiger partial charge in [0.05, 0.1) is 17.7 Å². The third-order valence-electron chi connectivity index (χ3n) is 7.10. The molecule has 0 radical (unpaired) electrons. The van der Waals surface area contributed by atoms with Gasteiger partial charge in [-0.1, -0.05) is 69.7 Å². The third kappa shape index (κ3) is 8.35. The molecule has 0 bridgehead atoms. The number of rotatable bonds is 13. The van der Waals surface area contributed by atoms with E-state index >= 15 is 0 Å². The van der Waals surface area contributed by atoms with E-state index in [0.29, 0.717) is 18.0 Å². The molecule has 0 heterocycles. The zero-order chi connectivity index (χ0) is 31.0. The second-order valence-electron chi connectivity index (χ2n) is 11.3. The van der Waals surface area contributed by atoms with Gasteiger partial charge in [0, 0.05) is 13.1 Å². The number of sulfonamides is 1. The van der Waals surface area contributed by atoms with Crippen molar-refractivity contribution in [2.24, 2.45) is 5.92 Å². The SMILES string of the molecule is COc1ccc(CN(C(=O)CN(c2ccc(C(C)C)cc2)S(=O)(=O)c2ccc(C)cc2)C(C)C(=O)NCC(C)C)cc1. The first-order chi connectivity index (χ1) is 19.8. The molecule has 0 fully saturated rings. The van der Waals surface area contributed by atoms with Gasteiger partial charge in [-0.25, -0.2) is 8.42 Å². The highest BCUT2D eigenvalue weighted by Gasteiger charge is 2.32. The number of ether oxygens (including phenoxy) is 1. The number of methoxy groups -OCH3 is 1. The normalized spacial score (nSPS) is 12.2. The van der Waals surface area contributed by atoms with Crippen LogP contribution in [0.5, 0.6) is 5.75 Å². The van der Waals surface area contributed by atoms with E-state index in [1.165, 1.54) is 4.90 Å². The van der Waals surface area contributed by atoms with Crippen LogP contribution >= 0.6 is 0 Å². The van der Waals surface area contributed by atoms with Crippen LogP contribution in [-0.4, -0.2) is 51.4 Å². The van der Waals surface area contributed by atoms with Gasteiger partial charge in [-0.2, -0.15) is 0 Å². The predicted molar refractivity (Wildman–Crippen MR) is 167 cm³/mol. The third-order valence-corrected chi connectivity index (χ3v) is 8.89. The summed E-state index contributed by atoms with van der Waals surface area (Å²) in [5.74, 6) is 0.352. The van der Waals surface area contributed by atoms with E-state index in [9.17, 15) is 18.0 Å². The van der Waals surface area contributed by atoms with Gasteiger partial charge in [0.2, 0.25) is 11.8 Å². The van der Waals surface area contributed by atoms with Gasteiger partial charge in [-0.05, 0) is 73.2 Å². The summed E-state index contributed by atoms with van der Waals surface area (Å²) in [6, 6.07) is 20.1. The van der Waals surface area contributed by atoms with Crippen molar-refractivity contribution in [3.05, 3.63) is 89.5 Å². The summed E-state index contributed by atoms with van der Waals surface area (Å²) < 4.78 is 34.4. The molecule has 0 saturated carbocycles. The molecule has 1 atom stereocenters. The van der Waals surface area contributed by atoms with Gasteiger partial charge in [0.15, 0.2) is 0 Å². The smallest absolute Gasteiger partial charge is 0.264 e. The Morgan fingerprint density at radius 3 is 1.98 bits per heavy atom. The molecule has 0 saturated heterocycles. The first-order valence-corrected chi connectivity index (χ1v) is 15.7. The highest BCUT2D eigenvalue weighted by Crippen LogP contribution is 2.27. The predicted octanol–water partition coefficient (Wildman–Crippen LogP) is 5.51. The van der Waals surface area contributed by atoms with Crippen LogP contribution in [-0.2, 0) is 26.2 Å². The van der Waals surface area contributed by atoms with E-state index in [1.807, 2.05) is 45.0 Å². The van der Waals surface area contributed by atoms with Gasteiger partial charge >= 0.3 is 0 Å². The summed E-state index contributed by atoms with van der Waals surface area (Å²) in [5, 5.41) is 2.90. The Bertz CT molecular complexity index is 1430. The number of benzene rings is 3. The molecule has 0 aliphatic rings. The molecule has 0 aliphatic carbocycles. The van der Waals surface area contributed by atoms with Crippen molar-refractivity contribution >= 4 is 27.5 Å². The van der Waals surface area contributed by atoms with E-state index in [-0.39, 0.29) is 29.2 Å². The number of nitrogens with one attached hydrogen (secondary N) is 1. The second-order valence-corrected chi connectivity index (χ2v) is 13.1. The Morgan fingerprint density at radius 2 is 1.45 bits per heavy atom. The Kier molecular flexibility index (Phi) is 11.2. The van der Waals surface area contributed by atoms with Crippen molar-refractivity contribution < 1.29 is 22.7 Å². The minimum atomic E-state index is -4.11. The molecule has 9 heteroatoms. The molecular weight excluding hydrogens is 550 g/mol. The van der Waals surface area contributed by atoms with E-state index in [2.05, 4.69) is 19.2 Å². The molecule has 8 nitrogen and oxygen atoms in total. The first-order valence-electron chi connectivity index (χ1n) is 14.2. The van der Waals surface area contributed by atoms with Crippen LogP contribution in [0.15, 0.2) is 77.7 Å². The fourth-order valence-electron chi connectivity index (χ4n) is 4.35. The minimum Gasteiger partial charge on any atom is -0.497 e. The molecule has 3 aromatic rings. The maximum absolute atomic E-state index is 14.1. The lowest BCUT2D eigenvalue weighted by molar-refractivity contribution is -0.139. The largest absolute Gasteiger partial charge is 0.497 e. The molecule has 3 aromatic carbocycles. The lowest BCUT2D eigenvalue weighted by Gasteiger charge is -2.32. The first kappa shape index (κ1) is 32.7. The molecule has 42 heavy (non-hydrogen) atoms. The minimum absolute atomic E-state index is 0.0817. The Balaban J connectivity index is 2.02. The highest BCUT2D eigenvalue weighted by atomic mass is 32.2. The van der Waals surface area contributed by atoms with Crippen LogP contribution in [0.25, 0.3) is 0 Å². The maximum atomic E-state index is 14.1. The second kappa shape index (κ2) is 14.4. The van der Waals surface area contributed by atoms with Crippen LogP contribution in [0.1, 0.15) is 57.2 Å². The van der Waals surface area contributed by atoms with E-state index < -0.39 is 28.5 Å². The average molecular weight is 594 g/mol. The highest BCUT2D eigenvalue weighted by molar-refractivity contribution is 7.92. The van der Waals surface area contributed by atoms with Gasteiger partial charge in [-0.3, -0.25) is 13.9 Å². The quantitative estimate of drug-likeness (QED) is 0.282. The van der Waals surface area contributed by atoms with Crippen LogP contribution in [0.4, 0.5) is 5.69 Å². The van der Waals surface area contributed by atoms with Crippen molar-refractivity contribution in [3.63, 3.8) is 0 Å². The number of aryl methyl sites for hydroxylation is 1. The Hall–Kier alpha value is -3.85. The number of hydrogen-bond donors (Lipinski definition) is 1. The van der Waals surface area contributed by atoms with Crippen LogP contribution in [0.3, 0.4) is 0 Å². The lowest BCUT2D eigenvalue weighted by Crippen LogP contribution is -2.51. The molecular formula is C33H43N3O5S. The summed E-state index contributed by atoms with van der Waals surface area (Å²) in [6.07, 6.45) is 0. The zero-order valence-corrected chi connectivity index (χ0v) is 26.4. The molecule has 0 aromatic heterocycles. The fraction of sp³-hybridized carbons (Fsp3) is 0.394. The Labute approximate surface area is 250 Å². The van der Waals surface area contributed by atoms with Gasteiger partial charge in [0.25, 0.3) is 10.0 Å². The summed E-state index contributed by atoms with van der Waals surface area (Å²) in [5.41, 5.74) is 3.12. The average Bonchev–Trinajstić information content (AvgIpc) is 2.97. The topological polar surface area (TPSA) is 96.0 Å². The monoisotopic (exact) mass is 593 g/mol. The summed E-state index contributed by atoms with van der Waals surface area (Å²) in [4.78, 5) is 28.7. The van der Waals surface area contributed by atoms with E-state index in [0.717, 1.165) is 21.0 Å². The number of anilines is 1. The number of hydrogen-bond acceptors (Lipinski definition) is 5. The van der Waals surface area contributed by atoms with E-state index in [1.54, 1.807) is 62.6 Å². The number of nitrogens with zero attached hydrogens (tertiary/aromatic N) is 2. The number of amides is 2. The number of carbonyl (C=O) groups excluding carboxylic acids is 2.